The maximum Gasteiger partial charge on any atom is 0.229 e. The van der Waals surface area contributed by atoms with Crippen LogP contribution in [-0.4, -0.2) is 64.3 Å². The van der Waals surface area contributed by atoms with E-state index in [1.54, 1.807) is 25.7 Å². The second kappa shape index (κ2) is 9.36. The van der Waals surface area contributed by atoms with Crippen molar-refractivity contribution in [3.05, 3.63) is 30.4 Å². The summed E-state index contributed by atoms with van der Waals surface area (Å²) < 4.78 is 5.44. The van der Waals surface area contributed by atoms with Crippen LogP contribution >= 0.6 is 0 Å². The minimum atomic E-state index is -0.126. The van der Waals surface area contributed by atoms with E-state index < -0.39 is 0 Å². The van der Waals surface area contributed by atoms with E-state index in [1.807, 2.05) is 13.0 Å². The molecule has 1 aliphatic rings. The summed E-state index contributed by atoms with van der Waals surface area (Å²) >= 11 is 0. The summed E-state index contributed by atoms with van der Waals surface area (Å²) in [5, 5.41) is 10.8. The van der Waals surface area contributed by atoms with Gasteiger partial charge in [-0.05, 0) is 26.8 Å². The van der Waals surface area contributed by atoms with E-state index >= 15 is 0 Å². The van der Waals surface area contributed by atoms with E-state index in [0.717, 1.165) is 48.6 Å². The van der Waals surface area contributed by atoms with Crippen molar-refractivity contribution in [1.82, 2.24) is 30.2 Å². The molecule has 0 bridgehead atoms. The lowest BCUT2D eigenvalue weighted by molar-refractivity contribution is 0.116. The third kappa shape index (κ3) is 4.97. The summed E-state index contributed by atoms with van der Waals surface area (Å²) in [4.78, 5) is 25.1. The molecule has 4 heterocycles. The van der Waals surface area contributed by atoms with Gasteiger partial charge < -0.3 is 25.6 Å². The molecule has 0 unspecified atom stereocenters. The lowest BCUT2D eigenvalue weighted by atomic mass is 10.2. The van der Waals surface area contributed by atoms with Gasteiger partial charge in [-0.2, -0.15) is 0 Å². The van der Waals surface area contributed by atoms with Gasteiger partial charge in [-0.3, -0.25) is 0 Å². The first-order valence-corrected chi connectivity index (χ1v) is 10.5. The summed E-state index contributed by atoms with van der Waals surface area (Å²) in [7, 11) is 1.67. The number of aromatic nitrogens is 5. The van der Waals surface area contributed by atoms with Gasteiger partial charge in [0.05, 0.1) is 24.2 Å². The van der Waals surface area contributed by atoms with Gasteiger partial charge in [-0.1, -0.05) is 0 Å². The first-order chi connectivity index (χ1) is 15.0. The first kappa shape index (κ1) is 21.1. The molecular formula is C21H29N9O. The number of nitrogens with one attached hydrogen (secondary N) is 3. The molecule has 164 valence electrons. The Balaban J connectivity index is 1.59. The number of fused-ring (bicyclic) bond motifs is 1. The van der Waals surface area contributed by atoms with Gasteiger partial charge in [0.15, 0.2) is 11.6 Å². The van der Waals surface area contributed by atoms with Crippen molar-refractivity contribution >= 4 is 34.3 Å². The average molecular weight is 424 g/mol. The molecule has 4 rings (SSSR count). The molecule has 3 aromatic rings. The monoisotopic (exact) mass is 423 g/mol. The van der Waals surface area contributed by atoms with Crippen LogP contribution in [0.15, 0.2) is 24.7 Å². The summed E-state index contributed by atoms with van der Waals surface area (Å²) in [6.45, 7) is 9.87. The highest BCUT2D eigenvalue weighted by molar-refractivity contribution is 5.89. The number of anilines is 4. The lowest BCUT2D eigenvalue weighted by Gasteiger charge is -2.28. The number of piperazine rings is 1. The largest absolute Gasteiger partial charge is 0.375 e. The maximum atomic E-state index is 5.44. The lowest BCUT2D eigenvalue weighted by Crippen LogP contribution is -2.43. The van der Waals surface area contributed by atoms with Gasteiger partial charge in [0.2, 0.25) is 5.95 Å². The second-order valence-electron chi connectivity index (χ2n) is 7.83. The topological polar surface area (TPSA) is 113 Å². The van der Waals surface area contributed by atoms with E-state index in [9.17, 15) is 0 Å². The Labute approximate surface area is 181 Å². The molecule has 0 amide bonds. The van der Waals surface area contributed by atoms with Crippen LogP contribution in [0, 0.1) is 0 Å². The molecule has 31 heavy (non-hydrogen) atoms. The SMILES string of the molecule is CO[C@H](C)c1cc2cnc(Nc3cnc(N4CCNCC4)cn3)nc2c(NC(C)C)n1. The van der Waals surface area contributed by atoms with E-state index in [1.165, 1.54) is 0 Å². The standard InChI is InChI=1S/C21H29N9O/c1-13(2)26-20-19-15(9-16(27-20)14(3)31-4)10-25-21(29-19)28-17-11-24-18(12-23-17)30-7-5-22-6-8-30/h9-14,22H,5-8H2,1-4H3,(H,26,27)(H,23,25,28,29)/t14-/m1/s1. The highest BCUT2D eigenvalue weighted by Gasteiger charge is 2.15. The molecule has 0 spiro atoms. The van der Waals surface area contributed by atoms with Gasteiger partial charge in [-0.15, -0.1) is 0 Å². The van der Waals surface area contributed by atoms with Crippen molar-refractivity contribution in [2.75, 3.05) is 48.8 Å². The van der Waals surface area contributed by atoms with Crippen molar-refractivity contribution in [3.63, 3.8) is 0 Å². The molecular weight excluding hydrogens is 394 g/mol. The minimum absolute atomic E-state index is 0.126. The third-order valence-corrected chi connectivity index (χ3v) is 5.10. The molecule has 0 aliphatic carbocycles. The number of pyridine rings is 1. The number of hydrogen-bond acceptors (Lipinski definition) is 10. The zero-order valence-corrected chi connectivity index (χ0v) is 18.4. The van der Waals surface area contributed by atoms with Gasteiger partial charge in [0.25, 0.3) is 0 Å². The average Bonchev–Trinajstić information content (AvgIpc) is 2.79. The smallest absolute Gasteiger partial charge is 0.229 e. The Morgan fingerprint density at radius 3 is 2.52 bits per heavy atom. The van der Waals surface area contributed by atoms with E-state index in [-0.39, 0.29) is 12.1 Å². The minimum Gasteiger partial charge on any atom is -0.375 e. The number of ether oxygens (including phenoxy) is 1. The third-order valence-electron chi connectivity index (χ3n) is 5.10. The van der Waals surface area contributed by atoms with Crippen LogP contribution in [0.25, 0.3) is 10.9 Å². The van der Waals surface area contributed by atoms with E-state index in [2.05, 4.69) is 54.6 Å². The highest BCUT2D eigenvalue weighted by Crippen LogP contribution is 2.26. The molecule has 0 radical (unpaired) electrons. The molecule has 3 N–H and O–H groups in total. The Hall–Kier alpha value is -3.11. The molecule has 1 atom stereocenters. The fourth-order valence-corrected chi connectivity index (χ4v) is 3.38. The Morgan fingerprint density at radius 2 is 1.84 bits per heavy atom. The summed E-state index contributed by atoms with van der Waals surface area (Å²) in [5.41, 5.74) is 1.57. The van der Waals surface area contributed by atoms with Gasteiger partial charge in [0.1, 0.15) is 11.3 Å². The van der Waals surface area contributed by atoms with Crippen molar-refractivity contribution < 1.29 is 4.74 Å². The molecule has 1 fully saturated rings. The second-order valence-corrected chi connectivity index (χ2v) is 7.83. The number of methoxy groups -OCH3 is 1. The zero-order valence-electron chi connectivity index (χ0n) is 18.4. The number of rotatable bonds is 7. The summed E-state index contributed by atoms with van der Waals surface area (Å²) in [5.74, 6) is 2.61. The summed E-state index contributed by atoms with van der Waals surface area (Å²) in [6.07, 6.45) is 5.14. The van der Waals surface area contributed by atoms with Crippen LogP contribution in [0.1, 0.15) is 32.6 Å². The molecule has 1 saturated heterocycles. The van der Waals surface area contributed by atoms with Crippen LogP contribution < -0.4 is 20.9 Å². The van der Waals surface area contributed by atoms with Crippen LogP contribution in [0.4, 0.5) is 23.4 Å². The number of nitrogens with zero attached hydrogens (tertiary/aromatic N) is 6. The van der Waals surface area contributed by atoms with Gasteiger partial charge in [-0.25, -0.2) is 24.9 Å². The quantitative estimate of drug-likeness (QED) is 0.524. The fourth-order valence-electron chi connectivity index (χ4n) is 3.38. The van der Waals surface area contributed by atoms with Gasteiger partial charge in [0, 0.05) is 50.9 Å². The fraction of sp³-hybridized carbons (Fsp3) is 0.476. The molecule has 0 aromatic carbocycles. The van der Waals surface area contributed by atoms with Crippen LogP contribution in [-0.2, 0) is 4.74 Å². The van der Waals surface area contributed by atoms with Crippen molar-refractivity contribution in [3.8, 4) is 0 Å². The van der Waals surface area contributed by atoms with E-state index in [4.69, 9.17) is 9.72 Å². The maximum absolute atomic E-state index is 5.44. The molecule has 10 heteroatoms. The van der Waals surface area contributed by atoms with Crippen LogP contribution in [0.5, 0.6) is 0 Å². The normalized spacial score (nSPS) is 15.3. The zero-order chi connectivity index (χ0) is 21.8. The predicted octanol–water partition coefficient (Wildman–Crippen LogP) is 2.50. The Bertz CT molecular complexity index is 1020. The number of hydrogen-bond donors (Lipinski definition) is 3. The van der Waals surface area contributed by atoms with Crippen molar-refractivity contribution in [2.24, 2.45) is 0 Å². The summed E-state index contributed by atoms with van der Waals surface area (Å²) in [6, 6.07) is 2.17. The first-order valence-electron chi connectivity index (χ1n) is 10.5. The molecule has 0 saturated carbocycles. The van der Waals surface area contributed by atoms with E-state index in [0.29, 0.717) is 17.6 Å². The van der Waals surface area contributed by atoms with Crippen LogP contribution in [0.3, 0.4) is 0 Å². The Kier molecular flexibility index (Phi) is 6.38. The highest BCUT2D eigenvalue weighted by atomic mass is 16.5. The van der Waals surface area contributed by atoms with Crippen molar-refractivity contribution in [2.45, 2.75) is 32.9 Å². The van der Waals surface area contributed by atoms with Crippen LogP contribution in [0.2, 0.25) is 0 Å². The molecule has 3 aromatic heterocycles. The predicted molar refractivity (Wildman–Crippen MR) is 122 cm³/mol. The van der Waals surface area contributed by atoms with Gasteiger partial charge >= 0.3 is 0 Å². The molecule has 10 nitrogen and oxygen atoms in total. The Morgan fingerprint density at radius 1 is 1.03 bits per heavy atom. The molecule has 1 aliphatic heterocycles. The van der Waals surface area contributed by atoms with Crippen molar-refractivity contribution in [1.29, 1.82) is 0 Å².